The molecule has 0 aliphatic carbocycles. The van der Waals surface area contributed by atoms with Crippen molar-refractivity contribution in [3.05, 3.63) is 0 Å². The van der Waals surface area contributed by atoms with Crippen LogP contribution in [0.15, 0.2) is 0 Å². The van der Waals surface area contributed by atoms with Gasteiger partial charge in [-0.3, -0.25) is 0 Å². The topological polar surface area (TPSA) is 607 Å². The minimum absolute atomic E-state index is 1.16. The molecule has 362 valence electrons. The number of hydrogen-bond donors (Lipinski definition) is 30. The van der Waals surface area contributed by atoms with E-state index >= 15 is 0 Å². The lowest BCUT2D eigenvalue weighted by Gasteiger charge is -2.38. The molecule has 0 aromatic heterocycles. The predicted octanol–water partition coefficient (Wildman–Crippen LogP) is -18.9. The molecule has 0 aromatic carbocycles. The smallest absolute Gasteiger partial charge is 0.111 e. The Labute approximate surface area is 337 Å². The molecular formula is C30H62O30. The van der Waals surface area contributed by atoms with Crippen LogP contribution in [0.1, 0.15) is 0 Å². The van der Waals surface area contributed by atoms with E-state index in [-0.39, 0.29) is 0 Å². The molecule has 0 rings (SSSR count). The van der Waals surface area contributed by atoms with Gasteiger partial charge in [-0.2, -0.15) is 0 Å². The molecule has 0 saturated heterocycles. The summed E-state index contributed by atoms with van der Waals surface area (Å²) in [6.45, 7) is -2.32. The number of aliphatic hydroxyl groups is 30. The predicted molar refractivity (Wildman–Crippen MR) is 182 cm³/mol. The molecule has 28 atom stereocenters. The molecule has 0 amide bonds. The second-order valence-corrected chi connectivity index (χ2v) is 14.3. The summed E-state index contributed by atoms with van der Waals surface area (Å²) in [6.07, 6.45) is -77.0. The van der Waals surface area contributed by atoms with Crippen molar-refractivity contribution in [2.75, 3.05) is 13.2 Å². The third-order valence-corrected chi connectivity index (χ3v) is 9.91. The highest BCUT2D eigenvalue weighted by atomic mass is 16.5. The maximum atomic E-state index is 10.3. The Bertz CT molecular complexity index is 1080. The van der Waals surface area contributed by atoms with E-state index in [1.54, 1.807) is 0 Å². The van der Waals surface area contributed by atoms with Crippen LogP contribution in [0.3, 0.4) is 0 Å². The Kier molecular flexibility index (Phi) is 25.4. The van der Waals surface area contributed by atoms with Crippen molar-refractivity contribution < 1.29 is 153 Å². The van der Waals surface area contributed by atoms with Crippen LogP contribution in [-0.4, -0.2) is 337 Å². The number of aliphatic hydroxyl groups excluding tert-OH is 30. The van der Waals surface area contributed by atoms with Crippen molar-refractivity contribution in [1.29, 1.82) is 0 Å². The average molecular weight is 903 g/mol. The van der Waals surface area contributed by atoms with E-state index in [4.69, 9.17) is 10.2 Å². The van der Waals surface area contributed by atoms with E-state index in [9.17, 15) is 143 Å². The molecule has 28 unspecified atom stereocenters. The van der Waals surface area contributed by atoms with E-state index < -0.39 is 184 Å². The quantitative estimate of drug-likeness (QED) is 0.0331. The molecule has 0 spiro atoms. The monoisotopic (exact) mass is 902 g/mol. The summed E-state index contributed by atoms with van der Waals surface area (Å²) in [6, 6.07) is 0. The lowest BCUT2D eigenvalue weighted by molar-refractivity contribution is -0.217. The average Bonchev–Trinajstić information content (AvgIpc) is 3.26. The van der Waals surface area contributed by atoms with Gasteiger partial charge in [0.1, 0.15) is 171 Å². The van der Waals surface area contributed by atoms with Crippen LogP contribution >= 0.6 is 0 Å². The summed E-state index contributed by atoms with van der Waals surface area (Å²) in [4.78, 5) is 0. The molecule has 30 heteroatoms. The number of rotatable bonds is 29. The Morgan fingerprint density at radius 1 is 0.133 bits per heavy atom. The summed E-state index contributed by atoms with van der Waals surface area (Å²) in [5.74, 6) is 0. The Balaban J connectivity index is 5.66. The van der Waals surface area contributed by atoms with Gasteiger partial charge in [0.2, 0.25) is 0 Å². The standard InChI is InChI=1S/C30H62O30/c31-1-3(33)5(35)7(37)9(39)11(41)13(43)15(45)17(47)19(49)21(51)23(53)25(55)27(57)29(59)30(60)28(58)26(56)24(54)22(52)20(50)18(48)16(46)14(44)12(42)10(40)8(38)6(36)4(34)2-32/h3-60H,1-2H2. The molecule has 30 nitrogen and oxygen atoms in total. The van der Waals surface area contributed by atoms with Gasteiger partial charge in [-0.05, 0) is 0 Å². The molecule has 0 radical (unpaired) electrons. The van der Waals surface area contributed by atoms with Gasteiger partial charge in [-0.1, -0.05) is 0 Å². The van der Waals surface area contributed by atoms with E-state index in [0.717, 1.165) is 0 Å². The number of hydrogen-bond acceptors (Lipinski definition) is 30. The molecular weight excluding hydrogens is 840 g/mol. The highest BCUT2D eigenvalue weighted by Gasteiger charge is 2.49. The fraction of sp³-hybridized carbons (Fsp3) is 1.00. The lowest BCUT2D eigenvalue weighted by Crippen LogP contribution is -2.62. The van der Waals surface area contributed by atoms with Crippen molar-refractivity contribution in [2.24, 2.45) is 0 Å². The van der Waals surface area contributed by atoms with E-state index in [2.05, 4.69) is 0 Å². The van der Waals surface area contributed by atoms with Gasteiger partial charge in [-0.25, -0.2) is 0 Å². The van der Waals surface area contributed by atoms with Crippen molar-refractivity contribution in [2.45, 2.75) is 171 Å². The fourth-order valence-electron chi connectivity index (χ4n) is 5.52. The van der Waals surface area contributed by atoms with Gasteiger partial charge in [0.25, 0.3) is 0 Å². The highest BCUT2D eigenvalue weighted by Crippen LogP contribution is 2.23. The van der Waals surface area contributed by atoms with Crippen LogP contribution in [0.25, 0.3) is 0 Å². The van der Waals surface area contributed by atoms with Gasteiger partial charge in [0.15, 0.2) is 0 Å². The normalized spacial score (nSPS) is 27.1. The third-order valence-electron chi connectivity index (χ3n) is 9.91. The minimum atomic E-state index is -2.97. The van der Waals surface area contributed by atoms with Crippen molar-refractivity contribution in [3.8, 4) is 0 Å². The fourth-order valence-corrected chi connectivity index (χ4v) is 5.52. The van der Waals surface area contributed by atoms with Crippen LogP contribution in [0, 0.1) is 0 Å². The van der Waals surface area contributed by atoms with Crippen molar-refractivity contribution >= 4 is 0 Å². The Morgan fingerprint density at radius 3 is 0.267 bits per heavy atom. The van der Waals surface area contributed by atoms with Gasteiger partial charge < -0.3 is 153 Å². The van der Waals surface area contributed by atoms with Gasteiger partial charge >= 0.3 is 0 Å². The molecule has 0 saturated carbocycles. The molecule has 60 heavy (non-hydrogen) atoms. The maximum Gasteiger partial charge on any atom is 0.111 e. The first-order chi connectivity index (χ1) is 27.4. The molecule has 0 fully saturated rings. The first-order valence-electron chi connectivity index (χ1n) is 17.7. The lowest BCUT2D eigenvalue weighted by atomic mass is 9.86. The highest BCUT2D eigenvalue weighted by molar-refractivity contribution is 5.00. The largest absolute Gasteiger partial charge is 0.394 e. The maximum absolute atomic E-state index is 10.3. The molecule has 0 aliphatic heterocycles. The van der Waals surface area contributed by atoms with E-state index in [1.807, 2.05) is 0 Å². The van der Waals surface area contributed by atoms with Gasteiger partial charge in [-0.15, -0.1) is 0 Å². The van der Waals surface area contributed by atoms with Crippen molar-refractivity contribution in [1.82, 2.24) is 0 Å². The van der Waals surface area contributed by atoms with Crippen LogP contribution < -0.4 is 0 Å². The Hall–Kier alpha value is -1.20. The molecule has 0 aromatic rings. The van der Waals surface area contributed by atoms with Gasteiger partial charge in [0.05, 0.1) is 13.2 Å². The molecule has 30 N–H and O–H groups in total. The zero-order chi connectivity index (χ0) is 47.6. The second-order valence-electron chi connectivity index (χ2n) is 14.3. The van der Waals surface area contributed by atoms with E-state index in [1.165, 1.54) is 0 Å². The van der Waals surface area contributed by atoms with E-state index in [0.29, 0.717) is 0 Å². The second kappa shape index (κ2) is 25.9. The first kappa shape index (κ1) is 58.8. The van der Waals surface area contributed by atoms with Crippen LogP contribution in [0.2, 0.25) is 0 Å². The SMILES string of the molecule is OCC(O)C(O)C(O)C(O)C(O)C(O)C(O)C(O)C(O)C(O)C(O)C(O)C(O)C(O)C(O)C(O)C(O)C(O)C(O)C(O)C(O)C(O)C(O)C(O)C(O)C(O)C(O)C(O)CO. The van der Waals surface area contributed by atoms with Crippen molar-refractivity contribution in [3.63, 3.8) is 0 Å². The van der Waals surface area contributed by atoms with Crippen LogP contribution in [0.5, 0.6) is 0 Å². The molecule has 0 aliphatic rings. The Morgan fingerprint density at radius 2 is 0.200 bits per heavy atom. The summed E-state index contributed by atoms with van der Waals surface area (Å²) in [7, 11) is 0. The van der Waals surface area contributed by atoms with Crippen LogP contribution in [-0.2, 0) is 0 Å². The molecule has 0 heterocycles. The summed E-state index contributed by atoms with van der Waals surface area (Å²) >= 11 is 0. The third kappa shape index (κ3) is 14.4. The first-order valence-corrected chi connectivity index (χ1v) is 17.7. The summed E-state index contributed by atoms with van der Waals surface area (Å²) < 4.78 is 0. The zero-order valence-corrected chi connectivity index (χ0v) is 31.0. The minimum Gasteiger partial charge on any atom is -0.394 e. The van der Waals surface area contributed by atoms with Gasteiger partial charge in [0, 0.05) is 0 Å². The van der Waals surface area contributed by atoms with Crippen LogP contribution in [0.4, 0.5) is 0 Å². The molecule has 0 bridgehead atoms. The summed E-state index contributed by atoms with van der Waals surface area (Å²) in [5.41, 5.74) is 0. The zero-order valence-electron chi connectivity index (χ0n) is 31.0. The summed E-state index contributed by atoms with van der Waals surface area (Å²) in [5, 5.41) is 300.